The van der Waals surface area contributed by atoms with Crippen LogP contribution < -0.4 is 5.73 Å². The third-order valence-corrected chi connectivity index (χ3v) is 5.63. The van der Waals surface area contributed by atoms with E-state index < -0.39 is 9.84 Å². The van der Waals surface area contributed by atoms with Crippen molar-refractivity contribution in [2.24, 2.45) is 5.73 Å². The summed E-state index contributed by atoms with van der Waals surface area (Å²) in [6.07, 6.45) is 0. The summed E-state index contributed by atoms with van der Waals surface area (Å²) in [6.45, 7) is 0. The standard InChI is InChI=1S/C6H10N2O2S2/c1-8-4-2-12(9,10)3-5(4)11-6(8)7/h4-5,7H,2-3H2,1H3/p+1/t4-,5+/m0/s1. The topological polar surface area (TPSA) is 63.2 Å². The molecule has 0 unspecified atom stereocenters. The van der Waals surface area contributed by atoms with Gasteiger partial charge in [0.05, 0.1) is 23.8 Å². The smallest absolute Gasteiger partial charge is 0.281 e. The highest BCUT2D eigenvalue weighted by molar-refractivity contribution is 8.15. The molecule has 2 aliphatic heterocycles. The first-order chi connectivity index (χ1) is 5.49. The summed E-state index contributed by atoms with van der Waals surface area (Å²) in [4.78, 5) is 0. The van der Waals surface area contributed by atoms with Gasteiger partial charge in [-0.05, 0) is 11.8 Å². The van der Waals surface area contributed by atoms with Crippen LogP contribution in [0, 0.1) is 0 Å². The van der Waals surface area contributed by atoms with Gasteiger partial charge in [-0.1, -0.05) is 0 Å². The van der Waals surface area contributed by atoms with Gasteiger partial charge in [0.2, 0.25) is 0 Å². The van der Waals surface area contributed by atoms with Gasteiger partial charge in [0, 0.05) is 0 Å². The van der Waals surface area contributed by atoms with E-state index in [-0.39, 0.29) is 22.8 Å². The van der Waals surface area contributed by atoms with Gasteiger partial charge in [-0.25, -0.2) is 8.42 Å². The van der Waals surface area contributed by atoms with Crippen LogP contribution in [0.1, 0.15) is 0 Å². The SMILES string of the molecule is C[N+]1=C(N)S[C@@H]2CS(=O)(=O)C[C@@H]21. The fourth-order valence-electron chi connectivity index (χ4n) is 1.67. The predicted molar refractivity (Wildman–Crippen MR) is 49.2 cm³/mol. The van der Waals surface area contributed by atoms with Crippen LogP contribution in [0.3, 0.4) is 0 Å². The summed E-state index contributed by atoms with van der Waals surface area (Å²) in [5.41, 5.74) is 5.67. The van der Waals surface area contributed by atoms with E-state index in [0.29, 0.717) is 0 Å². The average Bonchev–Trinajstić information content (AvgIpc) is 2.33. The lowest BCUT2D eigenvalue weighted by molar-refractivity contribution is -0.524. The van der Waals surface area contributed by atoms with Crippen molar-refractivity contribution in [3.63, 3.8) is 0 Å². The third kappa shape index (κ3) is 1.13. The molecule has 2 aliphatic rings. The molecule has 2 N–H and O–H groups in total. The molecule has 0 aromatic rings. The largest absolute Gasteiger partial charge is 0.304 e. The van der Waals surface area contributed by atoms with Crippen LogP contribution in [0.15, 0.2) is 0 Å². The van der Waals surface area contributed by atoms with Crippen molar-refractivity contribution in [1.82, 2.24) is 0 Å². The second-order valence-electron chi connectivity index (χ2n) is 3.25. The lowest BCUT2D eigenvalue weighted by Gasteiger charge is -2.03. The van der Waals surface area contributed by atoms with Crippen LogP contribution in [0.2, 0.25) is 0 Å². The molecule has 2 atom stereocenters. The van der Waals surface area contributed by atoms with Gasteiger partial charge in [-0.3, -0.25) is 10.3 Å². The van der Waals surface area contributed by atoms with Crippen LogP contribution in [0.25, 0.3) is 0 Å². The number of rotatable bonds is 0. The molecule has 2 heterocycles. The molecular formula is C6H11N2O2S2+. The molecule has 1 saturated heterocycles. The zero-order valence-electron chi connectivity index (χ0n) is 6.73. The molecule has 0 aromatic carbocycles. The Morgan fingerprint density at radius 2 is 2.25 bits per heavy atom. The molecule has 6 heteroatoms. The van der Waals surface area contributed by atoms with E-state index in [4.69, 9.17) is 5.73 Å². The average molecular weight is 207 g/mol. The lowest BCUT2D eigenvalue weighted by Crippen LogP contribution is -2.29. The van der Waals surface area contributed by atoms with Crippen LogP contribution in [-0.2, 0) is 9.84 Å². The molecule has 0 radical (unpaired) electrons. The maximum atomic E-state index is 11.2. The first-order valence-electron chi connectivity index (χ1n) is 3.72. The number of thioether (sulfide) groups is 1. The van der Waals surface area contributed by atoms with E-state index in [1.807, 2.05) is 11.6 Å². The summed E-state index contributed by atoms with van der Waals surface area (Å²) in [5, 5.41) is 0.917. The second-order valence-corrected chi connectivity index (χ2v) is 6.66. The Balaban J connectivity index is 2.32. The molecule has 2 rings (SSSR count). The summed E-state index contributed by atoms with van der Waals surface area (Å²) < 4.78 is 24.3. The Labute approximate surface area is 75.7 Å². The van der Waals surface area contributed by atoms with Gasteiger partial charge in [-0.15, -0.1) is 0 Å². The number of amidine groups is 1. The Bertz CT molecular complexity index is 347. The number of nitrogens with zero attached hydrogens (tertiary/aromatic N) is 1. The van der Waals surface area contributed by atoms with E-state index in [1.54, 1.807) is 0 Å². The molecular weight excluding hydrogens is 196 g/mol. The van der Waals surface area contributed by atoms with Gasteiger partial charge in [-0.2, -0.15) is 0 Å². The minimum absolute atomic E-state index is 0.111. The van der Waals surface area contributed by atoms with Gasteiger partial charge < -0.3 is 0 Å². The van der Waals surface area contributed by atoms with Crippen LogP contribution in [-0.4, -0.2) is 48.0 Å². The minimum atomic E-state index is -2.79. The van der Waals surface area contributed by atoms with E-state index in [1.165, 1.54) is 11.8 Å². The Morgan fingerprint density at radius 1 is 1.58 bits per heavy atom. The number of hydrogen-bond donors (Lipinski definition) is 1. The first kappa shape index (κ1) is 8.37. The fraction of sp³-hybridized carbons (Fsp3) is 0.833. The molecule has 68 valence electrons. The van der Waals surface area contributed by atoms with Crippen LogP contribution in [0.5, 0.6) is 0 Å². The van der Waals surface area contributed by atoms with Crippen molar-refractivity contribution in [2.45, 2.75) is 11.3 Å². The van der Waals surface area contributed by atoms with Crippen molar-refractivity contribution in [3.8, 4) is 0 Å². The molecule has 0 bridgehead atoms. The summed E-state index contributed by atoms with van der Waals surface area (Å²) in [5.74, 6) is 0.551. The molecule has 0 amide bonds. The number of nitrogens with two attached hydrogens (primary N) is 1. The molecule has 0 spiro atoms. The highest BCUT2D eigenvalue weighted by Crippen LogP contribution is 2.31. The molecule has 1 fully saturated rings. The van der Waals surface area contributed by atoms with Crippen molar-refractivity contribution in [2.75, 3.05) is 18.6 Å². The minimum Gasteiger partial charge on any atom is -0.281 e. The Hall–Kier alpha value is -0.230. The number of hydrogen-bond acceptors (Lipinski definition) is 4. The van der Waals surface area contributed by atoms with E-state index in [2.05, 4.69) is 0 Å². The van der Waals surface area contributed by atoms with Gasteiger partial charge in [0.1, 0.15) is 6.04 Å². The summed E-state index contributed by atoms with van der Waals surface area (Å²) >= 11 is 1.49. The summed E-state index contributed by atoms with van der Waals surface area (Å²) in [6, 6.07) is 0.111. The molecule has 4 nitrogen and oxygen atoms in total. The highest BCUT2D eigenvalue weighted by Gasteiger charge is 2.47. The normalized spacial score (nSPS) is 38.8. The Morgan fingerprint density at radius 3 is 2.83 bits per heavy atom. The van der Waals surface area contributed by atoms with Crippen LogP contribution >= 0.6 is 11.8 Å². The van der Waals surface area contributed by atoms with E-state index >= 15 is 0 Å². The van der Waals surface area contributed by atoms with Crippen LogP contribution in [0.4, 0.5) is 0 Å². The third-order valence-electron chi connectivity index (χ3n) is 2.39. The molecule has 0 aromatic heterocycles. The zero-order chi connectivity index (χ0) is 8.93. The zero-order valence-corrected chi connectivity index (χ0v) is 8.36. The van der Waals surface area contributed by atoms with E-state index in [0.717, 1.165) is 5.17 Å². The number of fused-ring (bicyclic) bond motifs is 1. The van der Waals surface area contributed by atoms with Gasteiger partial charge in [0.25, 0.3) is 0 Å². The predicted octanol–water partition coefficient (Wildman–Crippen LogP) is -1.14. The fourth-order valence-corrected chi connectivity index (χ4v) is 5.57. The monoisotopic (exact) mass is 207 g/mol. The maximum absolute atomic E-state index is 11.2. The first-order valence-corrected chi connectivity index (χ1v) is 6.42. The molecule has 0 saturated carbocycles. The van der Waals surface area contributed by atoms with Crippen molar-refractivity contribution in [3.05, 3.63) is 0 Å². The Kier molecular flexibility index (Phi) is 1.66. The van der Waals surface area contributed by atoms with E-state index in [9.17, 15) is 8.42 Å². The number of sulfone groups is 1. The quantitative estimate of drug-likeness (QED) is 0.510. The van der Waals surface area contributed by atoms with Gasteiger partial charge >= 0.3 is 5.17 Å². The lowest BCUT2D eigenvalue weighted by atomic mass is 10.2. The highest BCUT2D eigenvalue weighted by atomic mass is 32.2. The van der Waals surface area contributed by atoms with Crippen molar-refractivity contribution in [1.29, 1.82) is 0 Å². The van der Waals surface area contributed by atoms with Crippen molar-refractivity contribution < 1.29 is 13.0 Å². The van der Waals surface area contributed by atoms with Gasteiger partial charge in [0.15, 0.2) is 9.84 Å². The molecule has 0 aliphatic carbocycles. The molecule has 12 heavy (non-hydrogen) atoms. The van der Waals surface area contributed by atoms with Crippen molar-refractivity contribution >= 4 is 26.8 Å². The second kappa shape index (κ2) is 2.38. The summed E-state index contributed by atoms with van der Waals surface area (Å²) in [7, 11) is -0.938. The maximum Gasteiger partial charge on any atom is 0.304 e.